The number of carboxylic acid groups (broad SMARTS) is 1. The molecule has 0 radical (unpaired) electrons. The molecule has 19 heavy (non-hydrogen) atoms. The molecule has 0 aromatic rings. The van der Waals surface area contributed by atoms with E-state index in [1.807, 2.05) is 0 Å². The molecule has 8 heteroatoms. The van der Waals surface area contributed by atoms with E-state index in [0.717, 1.165) is 39.1 Å². The van der Waals surface area contributed by atoms with Crippen molar-refractivity contribution in [3.63, 3.8) is 0 Å². The maximum Gasteiger partial charge on any atom is 0.328 e. The van der Waals surface area contributed by atoms with Crippen molar-refractivity contribution in [2.45, 2.75) is 12.5 Å². The molecule has 1 saturated heterocycles. The summed E-state index contributed by atoms with van der Waals surface area (Å²) in [6, 6.07) is -1.82. The van der Waals surface area contributed by atoms with Crippen LogP contribution in [0.1, 0.15) is 6.42 Å². The average molecular weight is 274 g/mol. The molecule has 1 aliphatic heterocycles. The van der Waals surface area contributed by atoms with Crippen molar-refractivity contribution in [1.82, 2.24) is 20.9 Å². The monoisotopic (exact) mass is 274 g/mol. The molecule has 1 rings (SSSR count). The van der Waals surface area contributed by atoms with Crippen molar-refractivity contribution < 1.29 is 19.8 Å². The van der Waals surface area contributed by atoms with E-state index >= 15 is 0 Å². The SMILES string of the molecule is O=C(NCCCN1CCNCC1)NC(CO)C(=O)O. The quantitative estimate of drug-likeness (QED) is 0.344. The smallest absolute Gasteiger partial charge is 0.328 e. The highest BCUT2D eigenvalue weighted by molar-refractivity contribution is 5.82. The number of nitrogens with one attached hydrogen (secondary N) is 3. The summed E-state index contributed by atoms with van der Waals surface area (Å²) in [5, 5.41) is 25.4. The third-order valence-electron chi connectivity index (χ3n) is 2.93. The maximum absolute atomic E-state index is 11.3. The Morgan fingerprint density at radius 1 is 1.32 bits per heavy atom. The van der Waals surface area contributed by atoms with Crippen LogP contribution in [0.25, 0.3) is 0 Å². The van der Waals surface area contributed by atoms with Crippen molar-refractivity contribution in [3.8, 4) is 0 Å². The fourth-order valence-electron chi connectivity index (χ4n) is 1.83. The van der Waals surface area contributed by atoms with Crippen LogP contribution >= 0.6 is 0 Å². The Balaban J connectivity index is 2.07. The van der Waals surface area contributed by atoms with Gasteiger partial charge in [-0.05, 0) is 13.0 Å². The summed E-state index contributed by atoms with van der Waals surface area (Å²) in [4.78, 5) is 24.2. The average Bonchev–Trinajstić information content (AvgIpc) is 2.42. The first-order valence-electron chi connectivity index (χ1n) is 6.44. The fraction of sp³-hybridized carbons (Fsp3) is 0.818. The maximum atomic E-state index is 11.3. The Morgan fingerprint density at radius 2 is 2.00 bits per heavy atom. The first-order chi connectivity index (χ1) is 9.13. The fourth-order valence-corrected chi connectivity index (χ4v) is 1.83. The number of piperazine rings is 1. The Bertz CT molecular complexity index is 294. The van der Waals surface area contributed by atoms with E-state index in [4.69, 9.17) is 10.2 Å². The number of carbonyl (C=O) groups excluding carboxylic acids is 1. The molecule has 1 atom stereocenters. The molecule has 0 spiro atoms. The van der Waals surface area contributed by atoms with E-state index in [0.29, 0.717) is 6.54 Å². The van der Waals surface area contributed by atoms with Gasteiger partial charge >= 0.3 is 12.0 Å². The number of aliphatic hydroxyl groups excluding tert-OH is 1. The third kappa shape index (κ3) is 6.37. The zero-order chi connectivity index (χ0) is 14.1. The van der Waals surface area contributed by atoms with Crippen LogP contribution in [0.5, 0.6) is 0 Å². The molecule has 2 amide bonds. The first kappa shape index (κ1) is 15.7. The summed E-state index contributed by atoms with van der Waals surface area (Å²) < 4.78 is 0. The molecule has 0 saturated carbocycles. The lowest BCUT2D eigenvalue weighted by Gasteiger charge is -2.27. The molecule has 1 heterocycles. The van der Waals surface area contributed by atoms with Gasteiger partial charge in [0.05, 0.1) is 6.61 Å². The molecule has 1 aliphatic rings. The standard InChI is InChI=1S/C11H22N4O4/c16-8-9(10(17)18)14-11(19)13-2-1-5-15-6-3-12-4-7-15/h9,12,16H,1-8H2,(H,17,18)(H2,13,14,19). The molecule has 1 fully saturated rings. The number of urea groups is 1. The molecule has 5 N–H and O–H groups in total. The Labute approximate surface area is 112 Å². The summed E-state index contributed by atoms with van der Waals surface area (Å²) >= 11 is 0. The minimum Gasteiger partial charge on any atom is -0.480 e. The normalized spacial score (nSPS) is 17.7. The number of rotatable bonds is 7. The molecule has 0 aromatic carbocycles. The van der Waals surface area contributed by atoms with Gasteiger partial charge in [0.25, 0.3) is 0 Å². The Hall–Kier alpha value is -1.38. The number of carbonyl (C=O) groups is 2. The van der Waals surface area contributed by atoms with Crippen LogP contribution in [-0.4, -0.2) is 79.0 Å². The van der Waals surface area contributed by atoms with Gasteiger partial charge in [-0.2, -0.15) is 0 Å². The lowest BCUT2D eigenvalue weighted by molar-refractivity contribution is -0.140. The summed E-state index contributed by atoms with van der Waals surface area (Å²) in [6.07, 6.45) is 0.810. The van der Waals surface area contributed by atoms with Crippen molar-refractivity contribution in [3.05, 3.63) is 0 Å². The van der Waals surface area contributed by atoms with Gasteiger partial charge < -0.3 is 31.1 Å². The lowest BCUT2D eigenvalue weighted by Crippen LogP contribution is -2.48. The second-order valence-electron chi connectivity index (χ2n) is 4.42. The van der Waals surface area contributed by atoms with Crippen molar-refractivity contribution in [1.29, 1.82) is 0 Å². The zero-order valence-corrected chi connectivity index (χ0v) is 10.9. The minimum atomic E-state index is -1.26. The molecular formula is C11H22N4O4. The second-order valence-corrected chi connectivity index (χ2v) is 4.42. The molecule has 0 bridgehead atoms. The van der Waals surface area contributed by atoms with Crippen LogP contribution in [-0.2, 0) is 4.79 Å². The number of carboxylic acids is 1. The molecule has 0 aromatic heterocycles. The number of amides is 2. The van der Waals surface area contributed by atoms with Crippen LogP contribution in [0.2, 0.25) is 0 Å². The predicted molar refractivity (Wildman–Crippen MR) is 69.0 cm³/mol. The summed E-state index contributed by atoms with van der Waals surface area (Å²) in [5.74, 6) is -1.25. The van der Waals surface area contributed by atoms with Crippen LogP contribution in [0.3, 0.4) is 0 Å². The summed E-state index contributed by atoms with van der Waals surface area (Å²) in [6.45, 7) is 4.77. The van der Waals surface area contributed by atoms with Gasteiger partial charge in [0.15, 0.2) is 6.04 Å². The Kier molecular flexibility index (Phi) is 7.16. The summed E-state index contributed by atoms with van der Waals surface area (Å²) in [5.41, 5.74) is 0. The first-order valence-corrected chi connectivity index (χ1v) is 6.44. The highest BCUT2D eigenvalue weighted by Gasteiger charge is 2.18. The molecule has 8 nitrogen and oxygen atoms in total. The van der Waals surface area contributed by atoms with Crippen molar-refractivity contribution in [2.75, 3.05) is 45.9 Å². The van der Waals surface area contributed by atoms with Crippen LogP contribution < -0.4 is 16.0 Å². The number of hydrogen-bond acceptors (Lipinski definition) is 5. The molecule has 0 aliphatic carbocycles. The summed E-state index contributed by atoms with van der Waals surface area (Å²) in [7, 11) is 0. The number of nitrogens with zero attached hydrogens (tertiary/aromatic N) is 1. The Morgan fingerprint density at radius 3 is 2.58 bits per heavy atom. The van der Waals surface area contributed by atoms with Gasteiger partial charge in [0.2, 0.25) is 0 Å². The van der Waals surface area contributed by atoms with Crippen molar-refractivity contribution in [2.24, 2.45) is 0 Å². The highest BCUT2D eigenvalue weighted by atomic mass is 16.4. The topological polar surface area (TPSA) is 114 Å². The van der Waals surface area contributed by atoms with Crippen LogP contribution in [0.4, 0.5) is 4.79 Å². The van der Waals surface area contributed by atoms with E-state index in [1.54, 1.807) is 0 Å². The number of hydrogen-bond donors (Lipinski definition) is 5. The number of aliphatic hydroxyl groups is 1. The van der Waals surface area contributed by atoms with E-state index in [-0.39, 0.29) is 0 Å². The van der Waals surface area contributed by atoms with Crippen LogP contribution in [0.15, 0.2) is 0 Å². The van der Waals surface area contributed by atoms with Gasteiger partial charge in [-0.3, -0.25) is 0 Å². The number of aliphatic carboxylic acids is 1. The molecule has 110 valence electrons. The largest absolute Gasteiger partial charge is 0.480 e. The van der Waals surface area contributed by atoms with Crippen molar-refractivity contribution >= 4 is 12.0 Å². The molecule has 1 unspecified atom stereocenters. The predicted octanol–water partition coefficient (Wildman–Crippen LogP) is -1.97. The molecular weight excluding hydrogens is 252 g/mol. The highest BCUT2D eigenvalue weighted by Crippen LogP contribution is 1.93. The zero-order valence-electron chi connectivity index (χ0n) is 10.9. The van der Waals surface area contributed by atoms with Gasteiger partial charge in [0.1, 0.15) is 0 Å². The van der Waals surface area contributed by atoms with E-state index in [2.05, 4.69) is 20.9 Å². The second kappa shape index (κ2) is 8.68. The minimum absolute atomic E-state index is 0.480. The van der Waals surface area contributed by atoms with E-state index < -0.39 is 24.6 Å². The van der Waals surface area contributed by atoms with E-state index in [9.17, 15) is 9.59 Å². The lowest BCUT2D eigenvalue weighted by atomic mass is 10.3. The van der Waals surface area contributed by atoms with Gasteiger partial charge in [0, 0.05) is 32.7 Å². The van der Waals surface area contributed by atoms with E-state index in [1.165, 1.54) is 0 Å². The van der Waals surface area contributed by atoms with Crippen LogP contribution in [0, 0.1) is 0 Å². The van der Waals surface area contributed by atoms with Gasteiger partial charge in [-0.25, -0.2) is 9.59 Å². The van der Waals surface area contributed by atoms with Gasteiger partial charge in [-0.15, -0.1) is 0 Å². The van der Waals surface area contributed by atoms with Gasteiger partial charge in [-0.1, -0.05) is 0 Å². The third-order valence-corrected chi connectivity index (χ3v) is 2.93.